The van der Waals surface area contributed by atoms with E-state index >= 15 is 0 Å². The van der Waals surface area contributed by atoms with Gasteiger partial charge >= 0.3 is 6.09 Å². The summed E-state index contributed by atoms with van der Waals surface area (Å²) in [5, 5.41) is 17.5. The van der Waals surface area contributed by atoms with Crippen LogP contribution in [0.25, 0.3) is 0 Å². The maximum absolute atomic E-state index is 10.7. The van der Waals surface area contributed by atoms with Crippen molar-refractivity contribution in [2.45, 2.75) is 18.9 Å². The van der Waals surface area contributed by atoms with Gasteiger partial charge in [0.2, 0.25) is 0 Å². The maximum atomic E-state index is 10.7. The summed E-state index contributed by atoms with van der Waals surface area (Å²) in [4.78, 5) is 12.1. The van der Waals surface area contributed by atoms with E-state index in [1.807, 2.05) is 6.07 Å². The Bertz CT molecular complexity index is 456. The third kappa shape index (κ3) is 2.92. The summed E-state index contributed by atoms with van der Waals surface area (Å²) >= 11 is 0. The van der Waals surface area contributed by atoms with Crippen molar-refractivity contribution < 1.29 is 14.6 Å². The lowest BCUT2D eigenvalue weighted by atomic mass is 10.1. The number of carbonyl (C=O) groups is 1. The van der Waals surface area contributed by atoms with Crippen LogP contribution < -0.4 is 4.74 Å². The summed E-state index contributed by atoms with van der Waals surface area (Å²) in [6, 6.07) is 9.00. The highest BCUT2D eigenvalue weighted by molar-refractivity contribution is 5.65. The normalized spacial score (nSPS) is 16.1. The number of hydrogen-bond donors (Lipinski definition) is 1. The minimum absolute atomic E-state index is 0.0496. The molecule has 0 aromatic heterocycles. The number of hydrogen-bond acceptors (Lipinski definition) is 3. The molecule has 5 nitrogen and oxygen atoms in total. The highest BCUT2D eigenvalue weighted by Crippen LogP contribution is 2.19. The van der Waals surface area contributed by atoms with Crippen molar-refractivity contribution in [3.8, 4) is 11.8 Å². The van der Waals surface area contributed by atoms with Crippen LogP contribution in [0.5, 0.6) is 5.75 Å². The quantitative estimate of drug-likeness (QED) is 0.867. The van der Waals surface area contributed by atoms with Crippen LogP contribution in [0.3, 0.4) is 0 Å². The van der Waals surface area contributed by atoms with E-state index in [2.05, 4.69) is 0 Å². The number of nitriles is 1. The topological polar surface area (TPSA) is 73.6 Å². The Morgan fingerprint density at radius 3 is 2.44 bits per heavy atom. The molecule has 0 radical (unpaired) electrons. The van der Waals surface area contributed by atoms with Gasteiger partial charge < -0.3 is 14.7 Å². The van der Waals surface area contributed by atoms with Crippen LogP contribution in [0, 0.1) is 11.3 Å². The molecular weight excluding hydrogens is 232 g/mol. The van der Waals surface area contributed by atoms with Crippen LogP contribution in [0.15, 0.2) is 24.3 Å². The fraction of sp³-hybridized carbons (Fsp3) is 0.385. The predicted octanol–water partition coefficient (Wildman–Crippen LogP) is 2.08. The van der Waals surface area contributed by atoms with E-state index in [1.54, 1.807) is 24.3 Å². The zero-order chi connectivity index (χ0) is 13.0. The molecule has 1 N–H and O–H groups in total. The molecule has 1 saturated heterocycles. The molecule has 0 bridgehead atoms. The second kappa shape index (κ2) is 5.41. The number of rotatable bonds is 2. The maximum Gasteiger partial charge on any atom is 0.407 e. The molecule has 0 unspecified atom stereocenters. The average Bonchev–Trinajstić information content (AvgIpc) is 2.40. The molecule has 1 aliphatic rings. The summed E-state index contributed by atoms with van der Waals surface area (Å²) in [5.41, 5.74) is 0.600. The predicted molar refractivity (Wildman–Crippen MR) is 64.4 cm³/mol. The Hall–Kier alpha value is -2.22. The van der Waals surface area contributed by atoms with Gasteiger partial charge in [-0.25, -0.2) is 4.79 Å². The summed E-state index contributed by atoms with van der Waals surface area (Å²) in [7, 11) is 0. The van der Waals surface area contributed by atoms with E-state index in [1.165, 1.54) is 4.90 Å². The van der Waals surface area contributed by atoms with Gasteiger partial charge in [0.05, 0.1) is 11.6 Å². The first-order valence-electron chi connectivity index (χ1n) is 5.84. The van der Waals surface area contributed by atoms with Crippen LogP contribution in [-0.4, -0.2) is 35.3 Å². The van der Waals surface area contributed by atoms with Gasteiger partial charge in [0.15, 0.2) is 0 Å². The van der Waals surface area contributed by atoms with E-state index in [0.29, 0.717) is 31.5 Å². The lowest BCUT2D eigenvalue weighted by Gasteiger charge is -2.30. The fourth-order valence-corrected chi connectivity index (χ4v) is 1.97. The molecule has 18 heavy (non-hydrogen) atoms. The second-order valence-corrected chi connectivity index (χ2v) is 4.22. The first-order valence-corrected chi connectivity index (χ1v) is 5.84. The van der Waals surface area contributed by atoms with Gasteiger partial charge in [-0.2, -0.15) is 5.26 Å². The number of piperidine rings is 1. The number of ether oxygens (including phenoxy) is 1. The third-order valence-electron chi connectivity index (χ3n) is 3.00. The Labute approximate surface area is 105 Å². The minimum atomic E-state index is -0.869. The SMILES string of the molecule is N#Cc1ccc(OC2CCN(C(=O)O)CC2)cc1. The first-order chi connectivity index (χ1) is 8.69. The van der Waals surface area contributed by atoms with Crippen LogP contribution >= 0.6 is 0 Å². The van der Waals surface area contributed by atoms with Crippen LogP contribution in [0.2, 0.25) is 0 Å². The molecule has 1 amide bonds. The smallest absolute Gasteiger partial charge is 0.407 e. The largest absolute Gasteiger partial charge is 0.490 e. The van der Waals surface area contributed by atoms with Gasteiger partial charge in [-0.1, -0.05) is 0 Å². The monoisotopic (exact) mass is 246 g/mol. The Kier molecular flexibility index (Phi) is 3.68. The first kappa shape index (κ1) is 12.2. The van der Waals surface area contributed by atoms with Crippen molar-refractivity contribution in [1.82, 2.24) is 4.90 Å². The van der Waals surface area contributed by atoms with Crippen molar-refractivity contribution in [2.24, 2.45) is 0 Å². The molecule has 0 saturated carbocycles. The number of amides is 1. The fourth-order valence-electron chi connectivity index (χ4n) is 1.97. The van der Waals surface area contributed by atoms with Crippen molar-refractivity contribution in [1.29, 1.82) is 5.26 Å². The Morgan fingerprint density at radius 1 is 1.33 bits per heavy atom. The zero-order valence-corrected chi connectivity index (χ0v) is 9.87. The molecule has 1 heterocycles. The molecular formula is C13H14N2O3. The Balaban J connectivity index is 1.87. The highest BCUT2D eigenvalue weighted by atomic mass is 16.5. The second-order valence-electron chi connectivity index (χ2n) is 4.22. The molecule has 0 spiro atoms. The minimum Gasteiger partial charge on any atom is -0.490 e. The molecule has 1 fully saturated rings. The molecule has 2 rings (SSSR count). The molecule has 0 atom stereocenters. The van der Waals surface area contributed by atoms with Crippen LogP contribution in [-0.2, 0) is 0 Å². The lowest BCUT2D eigenvalue weighted by Crippen LogP contribution is -2.41. The van der Waals surface area contributed by atoms with Gasteiger partial charge in [-0.15, -0.1) is 0 Å². The van der Waals surface area contributed by atoms with Crippen molar-refractivity contribution in [3.63, 3.8) is 0 Å². The van der Waals surface area contributed by atoms with E-state index in [-0.39, 0.29) is 6.10 Å². The molecule has 5 heteroatoms. The van der Waals surface area contributed by atoms with Gasteiger partial charge in [0.25, 0.3) is 0 Å². The van der Waals surface area contributed by atoms with Crippen molar-refractivity contribution in [3.05, 3.63) is 29.8 Å². The molecule has 1 aliphatic heterocycles. The summed E-state index contributed by atoms with van der Waals surface area (Å²) in [5.74, 6) is 0.725. The molecule has 0 aliphatic carbocycles. The van der Waals surface area contributed by atoms with E-state index < -0.39 is 6.09 Å². The number of likely N-dealkylation sites (tertiary alicyclic amines) is 1. The van der Waals surface area contributed by atoms with Crippen molar-refractivity contribution in [2.75, 3.05) is 13.1 Å². The standard InChI is InChI=1S/C13H14N2O3/c14-9-10-1-3-11(4-2-10)18-12-5-7-15(8-6-12)13(16)17/h1-4,12H,5-8H2,(H,16,17). The van der Waals surface area contributed by atoms with E-state index in [0.717, 1.165) is 5.75 Å². The average molecular weight is 246 g/mol. The molecule has 1 aromatic carbocycles. The zero-order valence-electron chi connectivity index (χ0n) is 9.87. The summed E-state index contributed by atoms with van der Waals surface area (Å²) in [6.45, 7) is 1.02. The number of benzene rings is 1. The lowest BCUT2D eigenvalue weighted by molar-refractivity contribution is 0.0895. The third-order valence-corrected chi connectivity index (χ3v) is 3.00. The molecule has 1 aromatic rings. The summed E-state index contributed by atoms with van der Waals surface area (Å²) in [6.07, 6.45) is 0.582. The van der Waals surface area contributed by atoms with Gasteiger partial charge in [-0.05, 0) is 24.3 Å². The number of nitrogens with zero attached hydrogens (tertiary/aromatic N) is 2. The summed E-state index contributed by atoms with van der Waals surface area (Å²) < 4.78 is 5.75. The van der Waals surface area contributed by atoms with Gasteiger partial charge in [0.1, 0.15) is 11.9 Å². The van der Waals surface area contributed by atoms with Crippen LogP contribution in [0.1, 0.15) is 18.4 Å². The van der Waals surface area contributed by atoms with E-state index in [4.69, 9.17) is 15.1 Å². The highest BCUT2D eigenvalue weighted by Gasteiger charge is 2.23. The van der Waals surface area contributed by atoms with E-state index in [9.17, 15) is 4.79 Å². The van der Waals surface area contributed by atoms with Crippen molar-refractivity contribution >= 4 is 6.09 Å². The Morgan fingerprint density at radius 2 is 1.94 bits per heavy atom. The van der Waals surface area contributed by atoms with Crippen LogP contribution in [0.4, 0.5) is 4.79 Å². The van der Waals surface area contributed by atoms with Gasteiger partial charge in [-0.3, -0.25) is 0 Å². The molecule has 94 valence electrons. The number of carboxylic acid groups (broad SMARTS) is 1. The van der Waals surface area contributed by atoms with Gasteiger partial charge in [0, 0.05) is 25.9 Å².